The monoisotopic (exact) mass is 654 g/mol. The molecule has 3 aliphatic rings. The number of carbonyl (C=O) groups is 2. The Labute approximate surface area is 246 Å². The molecule has 2 aromatic rings. The predicted molar refractivity (Wildman–Crippen MR) is 138 cm³/mol. The molecule has 16 heteroatoms. The first-order valence-corrected chi connectivity index (χ1v) is 15.1. The van der Waals surface area contributed by atoms with Gasteiger partial charge in [-0.1, -0.05) is 12.1 Å². The molecule has 2 fully saturated rings. The third-order valence-corrected chi connectivity index (χ3v) is 11.6. The highest BCUT2D eigenvalue weighted by atomic mass is 32.2. The Balaban J connectivity index is 1.62. The number of amides is 1. The van der Waals surface area contributed by atoms with Crippen LogP contribution in [0.15, 0.2) is 47.4 Å². The summed E-state index contributed by atoms with van der Waals surface area (Å²) in [6.45, 7) is -0.589. The van der Waals surface area contributed by atoms with Crippen molar-refractivity contribution in [2.24, 2.45) is 11.8 Å². The zero-order chi connectivity index (χ0) is 32.5. The van der Waals surface area contributed by atoms with Crippen LogP contribution in [0.5, 0.6) is 0 Å². The zero-order valence-electron chi connectivity index (χ0n) is 22.7. The number of halogens is 8. The normalized spacial score (nSPS) is 26.0. The van der Waals surface area contributed by atoms with Gasteiger partial charge in [-0.15, -0.1) is 0 Å². The number of rotatable bonds is 5. The Morgan fingerprint density at radius 1 is 0.886 bits per heavy atom. The van der Waals surface area contributed by atoms with Crippen LogP contribution in [0.1, 0.15) is 43.2 Å². The molecule has 0 radical (unpaired) electrons. The number of anilines is 1. The van der Waals surface area contributed by atoms with Gasteiger partial charge in [0.05, 0.1) is 16.9 Å². The van der Waals surface area contributed by atoms with Gasteiger partial charge < -0.3 is 15.3 Å². The van der Waals surface area contributed by atoms with Crippen molar-refractivity contribution in [1.82, 2.24) is 4.90 Å². The number of aliphatic carboxylic acids is 1. The number of fused-ring (bicyclic) bond motifs is 3. The van der Waals surface area contributed by atoms with Crippen molar-refractivity contribution in [2.75, 3.05) is 18.4 Å². The molecule has 0 bridgehead atoms. The average Bonchev–Trinajstić information content (AvgIpc) is 3.37. The lowest BCUT2D eigenvalue weighted by atomic mass is 9.80. The molecule has 0 aromatic heterocycles. The summed E-state index contributed by atoms with van der Waals surface area (Å²) >= 11 is 0. The van der Waals surface area contributed by atoms with E-state index in [9.17, 15) is 58.2 Å². The minimum atomic E-state index is -6.40. The quantitative estimate of drug-likeness (QED) is 0.317. The average molecular weight is 655 g/mol. The number of likely N-dealkylation sites (tertiary alicyclic amines) is 1. The number of sulfone groups is 1. The molecule has 44 heavy (non-hydrogen) atoms. The van der Waals surface area contributed by atoms with E-state index in [1.807, 2.05) is 0 Å². The van der Waals surface area contributed by atoms with E-state index in [1.165, 1.54) is 4.90 Å². The van der Waals surface area contributed by atoms with E-state index in [2.05, 4.69) is 5.32 Å². The fraction of sp³-hybridized carbons (Fsp3) is 0.500. The van der Waals surface area contributed by atoms with Crippen molar-refractivity contribution in [3.63, 3.8) is 0 Å². The summed E-state index contributed by atoms with van der Waals surface area (Å²) in [4.78, 5) is 26.0. The molecule has 7 nitrogen and oxygen atoms in total. The van der Waals surface area contributed by atoms with Gasteiger partial charge in [0.1, 0.15) is 10.6 Å². The number of nitrogens with one attached hydrogen (secondary N) is 1. The van der Waals surface area contributed by atoms with Crippen LogP contribution < -0.4 is 5.32 Å². The van der Waals surface area contributed by atoms with Crippen LogP contribution in [-0.2, 0) is 29.8 Å². The molecule has 5 rings (SSSR count). The molecule has 2 aromatic carbocycles. The van der Waals surface area contributed by atoms with Gasteiger partial charge in [0.2, 0.25) is 5.91 Å². The highest BCUT2D eigenvalue weighted by Gasteiger charge is 2.74. The van der Waals surface area contributed by atoms with Crippen LogP contribution in [0.25, 0.3) is 0 Å². The second-order valence-electron chi connectivity index (χ2n) is 11.3. The van der Waals surface area contributed by atoms with Gasteiger partial charge in [0.15, 0.2) is 9.84 Å². The maximum atomic E-state index is 14.9. The molecule has 0 unspecified atom stereocenters. The van der Waals surface area contributed by atoms with E-state index in [-0.39, 0.29) is 56.3 Å². The fourth-order valence-electron chi connectivity index (χ4n) is 6.79. The number of carboxylic acid groups (broad SMARTS) is 1. The minimum Gasteiger partial charge on any atom is -0.481 e. The van der Waals surface area contributed by atoms with Gasteiger partial charge in [-0.3, -0.25) is 9.59 Å². The Kier molecular flexibility index (Phi) is 7.69. The summed E-state index contributed by atoms with van der Waals surface area (Å²) in [5, 5.41) is 11.9. The number of carboxylic acids is 1. The topological polar surface area (TPSA) is 104 Å². The molecule has 1 saturated heterocycles. The van der Waals surface area contributed by atoms with Crippen molar-refractivity contribution in [3.05, 3.63) is 59.4 Å². The predicted octanol–water partition coefficient (Wildman–Crippen LogP) is 5.70. The van der Waals surface area contributed by atoms with Gasteiger partial charge in [-0.05, 0) is 68.0 Å². The lowest BCUT2D eigenvalue weighted by molar-refractivity contribution is -0.348. The van der Waals surface area contributed by atoms with Crippen LogP contribution in [0.3, 0.4) is 0 Å². The smallest absolute Gasteiger partial charge is 0.435 e. The van der Waals surface area contributed by atoms with E-state index in [0.29, 0.717) is 6.07 Å². The molecule has 240 valence electrons. The highest BCUT2D eigenvalue weighted by molar-refractivity contribution is 7.92. The first kappa shape index (κ1) is 32.0. The van der Waals surface area contributed by atoms with Crippen molar-refractivity contribution in [1.29, 1.82) is 0 Å². The third kappa shape index (κ3) is 4.70. The van der Waals surface area contributed by atoms with Crippen molar-refractivity contribution < 1.29 is 58.2 Å². The zero-order valence-corrected chi connectivity index (χ0v) is 23.5. The van der Waals surface area contributed by atoms with E-state index in [1.54, 1.807) is 0 Å². The van der Waals surface area contributed by atoms with Crippen LogP contribution >= 0.6 is 0 Å². The molecule has 2 heterocycles. The largest absolute Gasteiger partial charge is 0.481 e. The van der Waals surface area contributed by atoms with E-state index < -0.39 is 90.9 Å². The summed E-state index contributed by atoms with van der Waals surface area (Å²) < 4.78 is 136. The molecule has 1 saturated carbocycles. The molecule has 2 N–H and O–H groups in total. The second kappa shape index (κ2) is 10.6. The van der Waals surface area contributed by atoms with E-state index in [4.69, 9.17) is 0 Å². The van der Waals surface area contributed by atoms with E-state index >= 15 is 0 Å². The first-order chi connectivity index (χ1) is 20.4. The maximum absolute atomic E-state index is 14.9. The molecule has 2 aliphatic heterocycles. The van der Waals surface area contributed by atoms with Crippen molar-refractivity contribution in [3.8, 4) is 0 Å². The summed E-state index contributed by atoms with van der Waals surface area (Å²) in [5.41, 5.74) is -8.32. The Bertz CT molecular complexity index is 1560. The molecule has 1 aliphatic carbocycles. The summed E-state index contributed by atoms with van der Waals surface area (Å²) in [5.74, 6) is -3.50. The number of alkyl halides is 7. The molecule has 0 spiro atoms. The van der Waals surface area contributed by atoms with Crippen molar-refractivity contribution >= 4 is 27.4 Å². The Morgan fingerprint density at radius 2 is 1.45 bits per heavy atom. The maximum Gasteiger partial charge on any atom is 0.435 e. The SMILES string of the molecule is O=C(O)C1CCC(C(=O)N2CC[C@@]3(S(=O)(=O)c4ccc(F)cc4)c4ccc(C(F)(C(F)(F)F)C(F)(F)F)cc4NC[C@@H]23)CC1. The van der Waals surface area contributed by atoms with Gasteiger partial charge in [0, 0.05) is 30.3 Å². The number of hydrogen-bond donors (Lipinski definition) is 2. The number of carbonyl (C=O) groups excluding carboxylic acids is 1. The Morgan fingerprint density at radius 3 is 2.00 bits per heavy atom. The van der Waals surface area contributed by atoms with Gasteiger partial charge in [-0.2, -0.15) is 26.3 Å². The van der Waals surface area contributed by atoms with Crippen molar-refractivity contribution in [2.45, 2.75) is 65.8 Å². The van der Waals surface area contributed by atoms with Crippen LogP contribution in [0.4, 0.5) is 40.8 Å². The minimum absolute atomic E-state index is 0.163. The third-order valence-electron chi connectivity index (χ3n) is 9.09. The molecule has 1 amide bonds. The molecular weight excluding hydrogens is 628 g/mol. The van der Waals surface area contributed by atoms with Gasteiger partial charge in [-0.25, -0.2) is 17.2 Å². The number of benzene rings is 2. The molecule has 2 atom stereocenters. The van der Waals surface area contributed by atoms with Crippen LogP contribution in [0, 0.1) is 17.7 Å². The second-order valence-corrected chi connectivity index (χ2v) is 13.5. The number of hydrogen-bond acceptors (Lipinski definition) is 5. The highest BCUT2D eigenvalue weighted by Crippen LogP contribution is 2.57. The number of nitrogens with zero attached hydrogens (tertiary/aromatic N) is 1. The standard InChI is InChI=1S/C28H26F8N2O5S/c29-18-6-8-19(9-7-18)44(42,43)25-11-12-38(23(39)15-1-3-16(4-2-15)24(40)41)22(25)14-37-21-13-17(5-10-20(21)25)26(30,27(31,32)33)28(34,35)36/h5-10,13,15-16,22,37H,1-4,11-12,14H2,(H,40,41)/t15?,16?,22-,25-/m1/s1. The lowest BCUT2D eigenvalue weighted by Crippen LogP contribution is -2.56. The van der Waals surface area contributed by atoms with Crippen LogP contribution in [0.2, 0.25) is 0 Å². The molecular formula is C28H26F8N2O5S. The van der Waals surface area contributed by atoms with Crippen LogP contribution in [-0.4, -0.2) is 61.8 Å². The van der Waals surface area contributed by atoms with E-state index in [0.717, 1.165) is 24.3 Å². The van der Waals surface area contributed by atoms with Gasteiger partial charge >= 0.3 is 24.0 Å². The summed E-state index contributed by atoms with van der Waals surface area (Å²) in [6.07, 6.45) is -12.2. The lowest BCUT2D eigenvalue weighted by Gasteiger charge is -2.44. The van der Waals surface area contributed by atoms with Gasteiger partial charge in [0.25, 0.3) is 0 Å². The fourth-order valence-corrected chi connectivity index (χ4v) is 9.10. The first-order valence-electron chi connectivity index (χ1n) is 13.6. The summed E-state index contributed by atoms with van der Waals surface area (Å²) in [6, 6.07) is 3.67. The Hall–Kier alpha value is -3.43. The summed E-state index contributed by atoms with van der Waals surface area (Å²) in [7, 11) is -4.63.